The topological polar surface area (TPSA) is 81.8 Å². The fourth-order valence-electron chi connectivity index (χ4n) is 2.56. The number of thiazole rings is 2. The van der Waals surface area contributed by atoms with Crippen LogP contribution in [0.15, 0.2) is 54.0 Å². The number of allylic oxidation sites excluding steroid dienone is 1. The van der Waals surface area contributed by atoms with Crippen molar-refractivity contribution in [3.05, 3.63) is 64.7 Å². The predicted octanol–water partition coefficient (Wildman–Crippen LogP) is 5.41. The molecule has 132 valence electrons. The minimum atomic E-state index is 0.166. The first kappa shape index (κ1) is 17.2. The second kappa shape index (κ2) is 7.19. The molecule has 0 aliphatic rings. The summed E-state index contributed by atoms with van der Waals surface area (Å²) in [6.07, 6.45) is 1.63. The molecule has 4 rings (SSSR count). The number of benzene rings is 2. The maximum atomic E-state index is 10.3. The van der Waals surface area contributed by atoms with Crippen molar-refractivity contribution in [3.63, 3.8) is 0 Å². The number of fused-ring (bicyclic) bond motifs is 1. The van der Waals surface area contributed by atoms with Gasteiger partial charge in [-0.25, -0.2) is 9.97 Å². The molecule has 0 saturated carbocycles. The lowest BCUT2D eigenvalue weighted by molar-refractivity contribution is 0.477. The summed E-state index contributed by atoms with van der Waals surface area (Å²) in [6, 6.07) is 15.2. The number of hydrogen-bond donors (Lipinski definition) is 2. The molecule has 0 spiro atoms. The quantitative estimate of drug-likeness (QED) is 0.360. The zero-order chi connectivity index (χ0) is 18.8. The molecule has 2 N–H and O–H groups in total. The number of rotatable bonds is 4. The van der Waals surface area contributed by atoms with Gasteiger partial charge in [0, 0.05) is 23.0 Å². The maximum Gasteiger partial charge on any atom is 0.135 e. The van der Waals surface area contributed by atoms with Crippen molar-refractivity contribution in [3.8, 4) is 22.4 Å². The van der Waals surface area contributed by atoms with E-state index in [4.69, 9.17) is 0 Å². The maximum absolute atomic E-state index is 10.3. The van der Waals surface area contributed by atoms with Crippen LogP contribution in [0.3, 0.4) is 0 Å². The molecule has 2 heterocycles. The third-order valence-electron chi connectivity index (χ3n) is 3.87. The number of para-hydroxylation sites is 1. The second-order valence-electron chi connectivity index (χ2n) is 5.83. The number of nitrogens with one attached hydrogen (secondary N) is 1. The van der Waals surface area contributed by atoms with E-state index in [0.717, 1.165) is 26.6 Å². The summed E-state index contributed by atoms with van der Waals surface area (Å²) < 4.78 is 1.07. The standard InChI is InChI=1S/C20H14N4OS2/c1-12-11-26-19(23-12)13(9-21)10-22-14-6-7-17(25)15(8-14)20-24-16-4-2-3-5-18(16)27-20/h2-8,10-11,22,25H,1H3/b13-10+. The number of nitriles is 1. The Kier molecular flexibility index (Phi) is 4.59. The predicted molar refractivity (Wildman–Crippen MR) is 111 cm³/mol. The SMILES string of the molecule is Cc1csc(/C(C#N)=C/Nc2ccc(O)c(-c3nc4ccccc4s3)c2)n1. The van der Waals surface area contributed by atoms with Gasteiger partial charge in [0.2, 0.25) is 0 Å². The Bertz CT molecular complexity index is 1170. The zero-order valence-electron chi connectivity index (χ0n) is 14.3. The molecule has 0 radical (unpaired) electrons. The number of hydrogen-bond acceptors (Lipinski definition) is 7. The Labute approximate surface area is 163 Å². The summed E-state index contributed by atoms with van der Waals surface area (Å²) in [4.78, 5) is 8.94. The molecule has 2 aromatic carbocycles. The van der Waals surface area contributed by atoms with E-state index in [1.165, 1.54) is 22.7 Å². The molecule has 0 bridgehead atoms. The summed E-state index contributed by atoms with van der Waals surface area (Å²) in [5.41, 5.74) is 3.66. The van der Waals surface area contributed by atoms with Gasteiger partial charge in [0.15, 0.2) is 0 Å². The van der Waals surface area contributed by atoms with Crippen LogP contribution < -0.4 is 5.32 Å². The molecule has 2 aromatic heterocycles. The zero-order valence-corrected chi connectivity index (χ0v) is 15.9. The number of aryl methyl sites for hydroxylation is 1. The molecule has 0 aliphatic carbocycles. The van der Waals surface area contributed by atoms with Crippen molar-refractivity contribution >= 4 is 44.2 Å². The van der Waals surface area contributed by atoms with E-state index in [0.29, 0.717) is 16.1 Å². The highest BCUT2D eigenvalue weighted by Gasteiger charge is 2.11. The van der Waals surface area contributed by atoms with Crippen molar-refractivity contribution in [2.45, 2.75) is 6.92 Å². The largest absolute Gasteiger partial charge is 0.507 e. The molecule has 27 heavy (non-hydrogen) atoms. The van der Waals surface area contributed by atoms with Crippen molar-refractivity contribution in [1.82, 2.24) is 9.97 Å². The lowest BCUT2D eigenvalue weighted by Crippen LogP contribution is -1.92. The molecule has 0 aliphatic heterocycles. The van der Waals surface area contributed by atoms with Crippen LogP contribution in [0.25, 0.3) is 26.4 Å². The molecule has 4 aromatic rings. The van der Waals surface area contributed by atoms with Crippen LogP contribution in [-0.2, 0) is 0 Å². The highest BCUT2D eigenvalue weighted by molar-refractivity contribution is 7.21. The van der Waals surface area contributed by atoms with Crippen LogP contribution >= 0.6 is 22.7 Å². The van der Waals surface area contributed by atoms with Crippen LogP contribution in [0.5, 0.6) is 5.75 Å². The Morgan fingerprint density at radius 3 is 2.81 bits per heavy atom. The Morgan fingerprint density at radius 2 is 2.07 bits per heavy atom. The molecule has 0 fully saturated rings. The monoisotopic (exact) mass is 390 g/mol. The fraction of sp³-hybridized carbons (Fsp3) is 0.0500. The number of phenols is 1. The Balaban J connectivity index is 1.66. The molecular weight excluding hydrogens is 376 g/mol. The van der Waals surface area contributed by atoms with Crippen LogP contribution in [0.1, 0.15) is 10.7 Å². The molecule has 7 heteroatoms. The van der Waals surface area contributed by atoms with Crippen LogP contribution in [0.4, 0.5) is 5.69 Å². The third-order valence-corrected chi connectivity index (χ3v) is 5.94. The number of nitrogens with zero attached hydrogens (tertiary/aromatic N) is 3. The fourth-order valence-corrected chi connectivity index (χ4v) is 4.31. The minimum absolute atomic E-state index is 0.166. The number of aromatic nitrogens is 2. The van der Waals surface area contributed by atoms with E-state index in [1.807, 2.05) is 42.6 Å². The van der Waals surface area contributed by atoms with Gasteiger partial charge in [-0.05, 0) is 37.3 Å². The molecule has 5 nitrogen and oxygen atoms in total. The summed E-state index contributed by atoms with van der Waals surface area (Å²) in [5.74, 6) is 0.166. The van der Waals surface area contributed by atoms with Gasteiger partial charge in [0.25, 0.3) is 0 Å². The van der Waals surface area contributed by atoms with Gasteiger partial charge in [-0.15, -0.1) is 22.7 Å². The summed E-state index contributed by atoms with van der Waals surface area (Å²) in [5, 5.41) is 26.1. The summed E-state index contributed by atoms with van der Waals surface area (Å²) in [7, 11) is 0. The average molecular weight is 390 g/mol. The first-order valence-corrected chi connectivity index (χ1v) is 9.82. The highest BCUT2D eigenvalue weighted by Crippen LogP contribution is 2.36. The van der Waals surface area contributed by atoms with Crippen LogP contribution in [-0.4, -0.2) is 15.1 Å². The van der Waals surface area contributed by atoms with Crippen LogP contribution in [0, 0.1) is 18.3 Å². The normalized spacial score (nSPS) is 11.5. The lowest BCUT2D eigenvalue weighted by Gasteiger charge is -2.06. The summed E-state index contributed by atoms with van der Waals surface area (Å²) >= 11 is 2.96. The molecule has 0 atom stereocenters. The van der Waals surface area contributed by atoms with Crippen molar-refractivity contribution in [2.75, 3.05) is 5.32 Å². The smallest absolute Gasteiger partial charge is 0.135 e. The highest BCUT2D eigenvalue weighted by atomic mass is 32.1. The number of aromatic hydroxyl groups is 1. The van der Waals surface area contributed by atoms with Gasteiger partial charge in [0.1, 0.15) is 27.4 Å². The first-order chi connectivity index (χ1) is 13.1. The Morgan fingerprint density at radius 1 is 1.22 bits per heavy atom. The molecule has 0 unspecified atom stereocenters. The van der Waals surface area contributed by atoms with Gasteiger partial charge in [-0.2, -0.15) is 5.26 Å². The molecular formula is C20H14N4OS2. The summed E-state index contributed by atoms with van der Waals surface area (Å²) in [6.45, 7) is 1.90. The molecule has 0 saturated heterocycles. The lowest BCUT2D eigenvalue weighted by atomic mass is 10.2. The van der Waals surface area contributed by atoms with Gasteiger partial charge >= 0.3 is 0 Å². The van der Waals surface area contributed by atoms with E-state index in [-0.39, 0.29) is 5.75 Å². The minimum Gasteiger partial charge on any atom is -0.507 e. The van der Waals surface area contributed by atoms with E-state index < -0.39 is 0 Å². The van der Waals surface area contributed by atoms with Crippen LogP contribution in [0.2, 0.25) is 0 Å². The third kappa shape index (κ3) is 3.53. The number of anilines is 1. The van der Waals surface area contributed by atoms with E-state index >= 15 is 0 Å². The number of phenolic OH excluding ortho intramolecular Hbond substituents is 1. The first-order valence-electron chi connectivity index (χ1n) is 8.12. The Hall–Kier alpha value is -3.21. The van der Waals surface area contributed by atoms with Crippen molar-refractivity contribution in [1.29, 1.82) is 5.26 Å². The van der Waals surface area contributed by atoms with Gasteiger partial charge in [0.05, 0.1) is 15.8 Å². The van der Waals surface area contributed by atoms with E-state index in [2.05, 4.69) is 21.4 Å². The second-order valence-corrected chi connectivity index (χ2v) is 7.72. The van der Waals surface area contributed by atoms with Gasteiger partial charge in [-0.1, -0.05) is 12.1 Å². The average Bonchev–Trinajstić information content (AvgIpc) is 3.29. The van der Waals surface area contributed by atoms with E-state index in [9.17, 15) is 10.4 Å². The van der Waals surface area contributed by atoms with Gasteiger partial charge < -0.3 is 10.4 Å². The van der Waals surface area contributed by atoms with E-state index in [1.54, 1.807) is 18.3 Å². The van der Waals surface area contributed by atoms with Crippen molar-refractivity contribution < 1.29 is 5.11 Å². The van der Waals surface area contributed by atoms with Gasteiger partial charge in [-0.3, -0.25) is 0 Å². The van der Waals surface area contributed by atoms with Crippen molar-refractivity contribution in [2.24, 2.45) is 0 Å². The molecule has 0 amide bonds.